The molecule has 0 saturated heterocycles. The average Bonchev–Trinajstić information content (AvgIpc) is 2.50. The number of halogens is 1. The summed E-state index contributed by atoms with van der Waals surface area (Å²) in [5.41, 5.74) is 6.26. The SMILES string of the molecule is Nc1c(Cl)cccc1C(=O)OCCCOc1ccccc1. The van der Waals surface area contributed by atoms with Crippen molar-refractivity contribution in [1.82, 2.24) is 0 Å². The van der Waals surface area contributed by atoms with Crippen LogP contribution in [0.5, 0.6) is 5.75 Å². The van der Waals surface area contributed by atoms with Gasteiger partial charge in [0.25, 0.3) is 0 Å². The number of nitrogen functional groups attached to an aromatic ring is 1. The molecule has 110 valence electrons. The highest BCUT2D eigenvalue weighted by molar-refractivity contribution is 6.33. The van der Waals surface area contributed by atoms with Crippen LogP contribution in [0.15, 0.2) is 48.5 Å². The number of rotatable bonds is 6. The van der Waals surface area contributed by atoms with Crippen molar-refractivity contribution in [2.24, 2.45) is 0 Å². The lowest BCUT2D eigenvalue weighted by molar-refractivity contribution is 0.0487. The van der Waals surface area contributed by atoms with E-state index in [-0.39, 0.29) is 17.9 Å². The molecule has 4 nitrogen and oxygen atoms in total. The maximum Gasteiger partial charge on any atom is 0.340 e. The minimum atomic E-state index is -0.477. The monoisotopic (exact) mass is 305 g/mol. The first-order valence-electron chi connectivity index (χ1n) is 6.57. The normalized spacial score (nSPS) is 10.1. The van der Waals surface area contributed by atoms with Crippen molar-refractivity contribution in [1.29, 1.82) is 0 Å². The smallest absolute Gasteiger partial charge is 0.340 e. The lowest BCUT2D eigenvalue weighted by atomic mass is 10.2. The third kappa shape index (κ3) is 4.39. The van der Waals surface area contributed by atoms with E-state index >= 15 is 0 Å². The van der Waals surface area contributed by atoms with E-state index in [0.29, 0.717) is 18.1 Å². The average molecular weight is 306 g/mol. The third-order valence-corrected chi connectivity index (χ3v) is 3.14. The van der Waals surface area contributed by atoms with Gasteiger partial charge in [0.2, 0.25) is 0 Å². The second-order valence-corrected chi connectivity index (χ2v) is 4.76. The largest absolute Gasteiger partial charge is 0.493 e. The molecule has 0 saturated carbocycles. The van der Waals surface area contributed by atoms with Crippen LogP contribution in [0.25, 0.3) is 0 Å². The van der Waals surface area contributed by atoms with Gasteiger partial charge in [-0.15, -0.1) is 0 Å². The molecular formula is C16H16ClNO3. The summed E-state index contributed by atoms with van der Waals surface area (Å²) in [6.07, 6.45) is 0.598. The Balaban J connectivity index is 1.73. The van der Waals surface area contributed by atoms with Crippen LogP contribution in [0, 0.1) is 0 Å². The van der Waals surface area contributed by atoms with Crippen molar-refractivity contribution < 1.29 is 14.3 Å². The van der Waals surface area contributed by atoms with Gasteiger partial charge in [-0.1, -0.05) is 35.9 Å². The van der Waals surface area contributed by atoms with E-state index in [1.165, 1.54) is 0 Å². The summed E-state index contributed by atoms with van der Waals surface area (Å²) in [5, 5.41) is 0.344. The predicted octanol–water partition coefficient (Wildman–Crippen LogP) is 3.55. The molecule has 0 fully saturated rings. The molecule has 0 aliphatic heterocycles. The summed E-state index contributed by atoms with van der Waals surface area (Å²) in [5.74, 6) is 0.317. The fraction of sp³-hybridized carbons (Fsp3) is 0.188. The number of para-hydroxylation sites is 2. The van der Waals surface area contributed by atoms with E-state index in [1.54, 1.807) is 18.2 Å². The van der Waals surface area contributed by atoms with Crippen LogP contribution >= 0.6 is 11.6 Å². The Morgan fingerprint density at radius 1 is 1.05 bits per heavy atom. The molecule has 5 heteroatoms. The maximum atomic E-state index is 11.8. The Kier molecular flexibility index (Phi) is 5.46. The van der Waals surface area contributed by atoms with E-state index in [2.05, 4.69) is 0 Å². The van der Waals surface area contributed by atoms with Crippen LogP contribution in [0.4, 0.5) is 5.69 Å². The number of hydrogen-bond donors (Lipinski definition) is 1. The molecule has 0 heterocycles. The van der Waals surface area contributed by atoms with E-state index in [0.717, 1.165) is 5.75 Å². The lowest BCUT2D eigenvalue weighted by Crippen LogP contribution is -2.11. The Hall–Kier alpha value is -2.20. The van der Waals surface area contributed by atoms with Gasteiger partial charge in [0.05, 0.1) is 29.5 Å². The molecule has 2 rings (SSSR count). The van der Waals surface area contributed by atoms with Crippen LogP contribution in [0.2, 0.25) is 5.02 Å². The van der Waals surface area contributed by atoms with Crippen molar-refractivity contribution in [2.75, 3.05) is 18.9 Å². The molecule has 0 radical (unpaired) electrons. The zero-order chi connectivity index (χ0) is 15.1. The summed E-state index contributed by atoms with van der Waals surface area (Å²) in [7, 11) is 0. The summed E-state index contributed by atoms with van der Waals surface area (Å²) >= 11 is 5.86. The van der Waals surface area contributed by atoms with E-state index in [4.69, 9.17) is 26.8 Å². The van der Waals surface area contributed by atoms with Crippen LogP contribution in [-0.4, -0.2) is 19.2 Å². The molecule has 2 N–H and O–H groups in total. The van der Waals surface area contributed by atoms with Crippen LogP contribution < -0.4 is 10.5 Å². The second-order valence-electron chi connectivity index (χ2n) is 4.35. The standard InChI is InChI=1S/C16H16ClNO3/c17-14-9-4-8-13(15(14)18)16(19)21-11-5-10-20-12-6-2-1-3-7-12/h1-4,6-9H,5,10-11,18H2. The highest BCUT2D eigenvalue weighted by atomic mass is 35.5. The van der Waals surface area contributed by atoms with Crippen molar-refractivity contribution in [3.05, 3.63) is 59.1 Å². The molecule has 21 heavy (non-hydrogen) atoms. The Bertz CT molecular complexity index is 602. The van der Waals surface area contributed by atoms with Crippen LogP contribution in [0.3, 0.4) is 0 Å². The quantitative estimate of drug-likeness (QED) is 0.503. The molecule has 2 aromatic rings. The molecule has 0 amide bonds. The van der Waals surface area contributed by atoms with Crippen molar-refractivity contribution in [2.45, 2.75) is 6.42 Å². The molecule has 0 aliphatic rings. The topological polar surface area (TPSA) is 61.6 Å². The van der Waals surface area contributed by atoms with Gasteiger partial charge in [0.15, 0.2) is 0 Å². The first-order chi connectivity index (χ1) is 10.2. The van der Waals surface area contributed by atoms with Gasteiger partial charge < -0.3 is 15.2 Å². The summed E-state index contributed by atoms with van der Waals surface area (Å²) in [4.78, 5) is 11.8. The lowest BCUT2D eigenvalue weighted by Gasteiger charge is -2.09. The van der Waals surface area contributed by atoms with E-state index in [1.807, 2.05) is 30.3 Å². The van der Waals surface area contributed by atoms with E-state index < -0.39 is 5.97 Å². The first-order valence-corrected chi connectivity index (χ1v) is 6.95. The van der Waals surface area contributed by atoms with Gasteiger partial charge >= 0.3 is 5.97 Å². The Morgan fingerprint density at radius 3 is 2.57 bits per heavy atom. The molecule has 0 atom stereocenters. The number of ether oxygens (including phenoxy) is 2. The first kappa shape index (κ1) is 15.2. The molecule has 0 unspecified atom stereocenters. The Labute approximate surface area is 128 Å². The van der Waals surface area contributed by atoms with Gasteiger partial charge in [0.1, 0.15) is 5.75 Å². The Morgan fingerprint density at radius 2 is 1.81 bits per heavy atom. The van der Waals surface area contributed by atoms with Crippen LogP contribution in [-0.2, 0) is 4.74 Å². The highest BCUT2D eigenvalue weighted by Gasteiger charge is 2.12. The number of carbonyl (C=O) groups excluding carboxylic acids is 1. The fourth-order valence-electron chi connectivity index (χ4n) is 1.72. The summed E-state index contributed by atoms with van der Waals surface area (Å²) in [6.45, 7) is 0.736. The van der Waals surface area contributed by atoms with Gasteiger partial charge in [-0.2, -0.15) is 0 Å². The molecule has 0 aliphatic carbocycles. The van der Waals surface area contributed by atoms with Crippen molar-refractivity contribution >= 4 is 23.3 Å². The summed E-state index contributed by atoms with van der Waals surface area (Å²) in [6, 6.07) is 14.3. The van der Waals surface area contributed by atoms with Gasteiger partial charge in [-0.3, -0.25) is 0 Å². The van der Waals surface area contributed by atoms with Gasteiger partial charge in [-0.05, 0) is 24.3 Å². The molecular weight excluding hydrogens is 290 g/mol. The van der Waals surface area contributed by atoms with Gasteiger partial charge in [0, 0.05) is 6.42 Å². The van der Waals surface area contributed by atoms with Crippen LogP contribution in [0.1, 0.15) is 16.8 Å². The third-order valence-electron chi connectivity index (χ3n) is 2.81. The number of benzene rings is 2. The number of hydrogen-bond acceptors (Lipinski definition) is 4. The predicted molar refractivity (Wildman–Crippen MR) is 82.7 cm³/mol. The molecule has 2 aromatic carbocycles. The minimum Gasteiger partial charge on any atom is -0.493 e. The molecule has 0 bridgehead atoms. The van der Waals surface area contributed by atoms with E-state index in [9.17, 15) is 4.79 Å². The number of nitrogens with two attached hydrogens (primary N) is 1. The highest BCUT2D eigenvalue weighted by Crippen LogP contribution is 2.22. The molecule has 0 aromatic heterocycles. The second kappa shape index (κ2) is 7.55. The number of carbonyl (C=O) groups is 1. The van der Waals surface area contributed by atoms with Crippen molar-refractivity contribution in [3.63, 3.8) is 0 Å². The minimum absolute atomic E-state index is 0.240. The maximum absolute atomic E-state index is 11.8. The van der Waals surface area contributed by atoms with Gasteiger partial charge in [-0.25, -0.2) is 4.79 Å². The zero-order valence-corrected chi connectivity index (χ0v) is 12.2. The zero-order valence-electron chi connectivity index (χ0n) is 11.4. The van der Waals surface area contributed by atoms with Crippen molar-refractivity contribution in [3.8, 4) is 5.75 Å². The number of anilines is 1. The summed E-state index contributed by atoms with van der Waals surface area (Å²) < 4.78 is 10.6. The molecule has 0 spiro atoms. The number of esters is 1. The fourth-order valence-corrected chi connectivity index (χ4v) is 1.90.